The van der Waals surface area contributed by atoms with E-state index in [-0.39, 0.29) is 17.7 Å². The predicted octanol–water partition coefficient (Wildman–Crippen LogP) is 4.48. The van der Waals surface area contributed by atoms with Crippen molar-refractivity contribution in [1.82, 2.24) is 5.32 Å². The summed E-state index contributed by atoms with van der Waals surface area (Å²) >= 11 is 0. The molecule has 3 rings (SSSR count). The third kappa shape index (κ3) is 5.23. The van der Waals surface area contributed by atoms with Crippen LogP contribution < -0.4 is 15.4 Å². The molecule has 0 aliphatic carbocycles. The van der Waals surface area contributed by atoms with Crippen LogP contribution in [0.1, 0.15) is 39.1 Å². The summed E-state index contributed by atoms with van der Waals surface area (Å²) < 4.78 is 5.11. The largest absolute Gasteiger partial charge is 0.497 e. The van der Waals surface area contributed by atoms with E-state index in [1.54, 1.807) is 55.6 Å². The second-order valence-corrected chi connectivity index (χ2v) is 6.75. The second kappa shape index (κ2) is 9.55. The zero-order valence-corrected chi connectivity index (χ0v) is 16.5. The van der Waals surface area contributed by atoms with Crippen molar-refractivity contribution in [3.8, 4) is 5.75 Å². The fraction of sp³-hybridized carbons (Fsp3) is 0.167. The lowest BCUT2D eigenvalue weighted by atomic mass is 10.0. The number of carbonyl (C=O) groups excluding carboxylic acids is 2. The number of ether oxygens (including phenoxy) is 1. The van der Waals surface area contributed by atoms with E-state index < -0.39 is 0 Å². The lowest BCUT2D eigenvalue weighted by Crippen LogP contribution is -2.28. The van der Waals surface area contributed by atoms with Gasteiger partial charge in [-0.05, 0) is 47.9 Å². The van der Waals surface area contributed by atoms with Gasteiger partial charge in [0.25, 0.3) is 11.8 Å². The number of carbonyl (C=O) groups is 2. The first-order valence-electron chi connectivity index (χ1n) is 9.46. The number of amides is 2. The van der Waals surface area contributed by atoms with Crippen LogP contribution in [0, 0.1) is 0 Å². The van der Waals surface area contributed by atoms with Crippen LogP contribution in [0.5, 0.6) is 5.75 Å². The number of benzene rings is 3. The molecular weight excluding hydrogens is 364 g/mol. The molecule has 5 nitrogen and oxygen atoms in total. The van der Waals surface area contributed by atoms with Crippen molar-refractivity contribution in [2.75, 3.05) is 19.0 Å². The maximum absolute atomic E-state index is 12.7. The van der Waals surface area contributed by atoms with Crippen LogP contribution in [-0.4, -0.2) is 25.5 Å². The van der Waals surface area contributed by atoms with Crippen molar-refractivity contribution in [2.24, 2.45) is 0 Å². The lowest BCUT2D eigenvalue weighted by Gasteiger charge is -2.15. The van der Waals surface area contributed by atoms with Gasteiger partial charge in [-0.3, -0.25) is 9.59 Å². The van der Waals surface area contributed by atoms with Gasteiger partial charge in [0.1, 0.15) is 5.75 Å². The molecule has 5 heteroatoms. The molecule has 1 atom stereocenters. The Morgan fingerprint density at radius 1 is 0.862 bits per heavy atom. The maximum atomic E-state index is 12.7. The van der Waals surface area contributed by atoms with Crippen LogP contribution in [0.15, 0.2) is 78.9 Å². The van der Waals surface area contributed by atoms with Gasteiger partial charge in [0.15, 0.2) is 0 Å². The number of anilines is 1. The van der Waals surface area contributed by atoms with Gasteiger partial charge >= 0.3 is 0 Å². The van der Waals surface area contributed by atoms with Crippen LogP contribution in [-0.2, 0) is 0 Å². The fourth-order valence-corrected chi connectivity index (χ4v) is 2.97. The highest BCUT2D eigenvalue weighted by molar-refractivity contribution is 6.09. The van der Waals surface area contributed by atoms with Gasteiger partial charge in [-0.1, -0.05) is 49.4 Å². The highest BCUT2D eigenvalue weighted by Gasteiger charge is 2.15. The van der Waals surface area contributed by atoms with Crippen molar-refractivity contribution >= 4 is 17.5 Å². The van der Waals surface area contributed by atoms with Crippen molar-refractivity contribution < 1.29 is 14.3 Å². The molecule has 148 valence electrons. The van der Waals surface area contributed by atoms with Crippen molar-refractivity contribution in [1.29, 1.82) is 0 Å². The number of rotatable bonds is 7. The number of para-hydroxylation sites is 1. The Kier molecular flexibility index (Phi) is 6.63. The average Bonchev–Trinajstić information content (AvgIpc) is 2.78. The van der Waals surface area contributed by atoms with Crippen LogP contribution in [0.4, 0.5) is 5.69 Å². The molecule has 0 heterocycles. The molecule has 0 spiro atoms. The molecular formula is C24H24N2O3. The van der Waals surface area contributed by atoms with E-state index in [4.69, 9.17) is 4.74 Å². The molecule has 0 unspecified atom stereocenters. The Morgan fingerprint density at radius 3 is 2.21 bits per heavy atom. The Labute approximate surface area is 170 Å². The normalized spacial score (nSPS) is 11.4. The first-order valence-corrected chi connectivity index (χ1v) is 9.46. The Balaban J connectivity index is 1.67. The van der Waals surface area contributed by atoms with Crippen molar-refractivity contribution in [3.05, 3.63) is 95.6 Å². The molecule has 0 bridgehead atoms. The summed E-state index contributed by atoms with van der Waals surface area (Å²) in [5.74, 6) is 0.346. The Bertz CT molecular complexity index is 969. The number of methoxy groups -OCH3 is 1. The van der Waals surface area contributed by atoms with Crippen LogP contribution >= 0.6 is 0 Å². The quantitative estimate of drug-likeness (QED) is 0.627. The molecule has 0 saturated heterocycles. The van der Waals surface area contributed by atoms with Gasteiger partial charge in [0.2, 0.25) is 0 Å². The minimum atomic E-state index is -0.287. The van der Waals surface area contributed by atoms with Crippen molar-refractivity contribution in [2.45, 2.75) is 12.8 Å². The molecule has 2 N–H and O–H groups in total. The van der Waals surface area contributed by atoms with Crippen LogP contribution in [0.3, 0.4) is 0 Å². The van der Waals surface area contributed by atoms with Crippen molar-refractivity contribution in [3.63, 3.8) is 0 Å². The third-order valence-corrected chi connectivity index (χ3v) is 4.71. The molecule has 0 radical (unpaired) electrons. The van der Waals surface area contributed by atoms with Gasteiger partial charge in [-0.25, -0.2) is 0 Å². The molecule has 3 aromatic rings. The van der Waals surface area contributed by atoms with Gasteiger partial charge in [0.05, 0.1) is 18.4 Å². The van der Waals surface area contributed by atoms with Crippen LogP contribution in [0.25, 0.3) is 0 Å². The van der Waals surface area contributed by atoms with Gasteiger partial charge in [-0.2, -0.15) is 0 Å². The highest BCUT2D eigenvalue weighted by Crippen LogP contribution is 2.19. The van der Waals surface area contributed by atoms with Gasteiger partial charge < -0.3 is 15.4 Å². The summed E-state index contributed by atoms with van der Waals surface area (Å²) in [5.41, 5.74) is 2.54. The Hall–Kier alpha value is -3.60. The lowest BCUT2D eigenvalue weighted by molar-refractivity contribution is 0.0952. The minimum absolute atomic E-state index is 0.182. The number of nitrogens with one attached hydrogen (secondary N) is 2. The van der Waals surface area contributed by atoms with E-state index in [1.807, 2.05) is 30.3 Å². The summed E-state index contributed by atoms with van der Waals surface area (Å²) in [6.45, 7) is 2.57. The minimum Gasteiger partial charge on any atom is -0.497 e. The Morgan fingerprint density at radius 2 is 1.52 bits per heavy atom. The van der Waals surface area contributed by atoms with E-state index in [0.29, 0.717) is 29.1 Å². The molecule has 0 saturated carbocycles. The first kappa shape index (κ1) is 20.1. The molecule has 0 aromatic heterocycles. The maximum Gasteiger partial charge on any atom is 0.255 e. The molecule has 29 heavy (non-hydrogen) atoms. The highest BCUT2D eigenvalue weighted by atomic mass is 16.5. The van der Waals surface area contributed by atoms with E-state index in [0.717, 1.165) is 5.56 Å². The average molecular weight is 388 g/mol. The summed E-state index contributed by atoms with van der Waals surface area (Å²) in [4.78, 5) is 25.3. The number of hydrogen-bond donors (Lipinski definition) is 2. The molecule has 0 aliphatic heterocycles. The first-order chi connectivity index (χ1) is 14.1. The summed E-state index contributed by atoms with van der Waals surface area (Å²) in [6.07, 6.45) is 0. The van der Waals surface area contributed by atoms with E-state index in [9.17, 15) is 9.59 Å². The summed E-state index contributed by atoms with van der Waals surface area (Å²) in [7, 11) is 1.57. The summed E-state index contributed by atoms with van der Waals surface area (Å²) in [6, 6.07) is 23.8. The molecule has 0 fully saturated rings. The smallest absolute Gasteiger partial charge is 0.255 e. The molecule has 0 aliphatic rings. The van der Waals surface area contributed by atoms with E-state index in [1.165, 1.54) is 0 Å². The van der Waals surface area contributed by atoms with Crippen LogP contribution in [0.2, 0.25) is 0 Å². The summed E-state index contributed by atoms with van der Waals surface area (Å²) in [5, 5.41) is 5.78. The van der Waals surface area contributed by atoms with Gasteiger partial charge in [0, 0.05) is 12.1 Å². The molecule has 2 amide bonds. The molecule has 3 aromatic carbocycles. The van der Waals surface area contributed by atoms with E-state index >= 15 is 0 Å². The second-order valence-electron chi connectivity index (χ2n) is 6.75. The zero-order chi connectivity index (χ0) is 20.6. The third-order valence-electron chi connectivity index (χ3n) is 4.71. The fourth-order valence-electron chi connectivity index (χ4n) is 2.97. The predicted molar refractivity (Wildman–Crippen MR) is 115 cm³/mol. The monoisotopic (exact) mass is 388 g/mol. The number of hydrogen-bond acceptors (Lipinski definition) is 3. The topological polar surface area (TPSA) is 67.4 Å². The SMILES string of the molecule is COc1ccc(C(=O)Nc2ccccc2C(=O)NC[C@H](C)c2ccccc2)cc1. The van der Waals surface area contributed by atoms with Gasteiger partial charge in [-0.15, -0.1) is 0 Å². The van der Waals surface area contributed by atoms with E-state index in [2.05, 4.69) is 17.6 Å². The zero-order valence-electron chi connectivity index (χ0n) is 16.5. The standard InChI is InChI=1S/C24H24N2O3/c1-17(18-8-4-3-5-9-18)16-25-24(28)21-10-6-7-11-22(21)26-23(27)19-12-14-20(29-2)15-13-19/h3-15,17H,16H2,1-2H3,(H,25,28)(H,26,27)/t17-/m0/s1.